The lowest BCUT2D eigenvalue weighted by atomic mass is 10.1. The van der Waals surface area contributed by atoms with E-state index >= 15 is 0 Å². The number of sulfonamides is 1. The van der Waals surface area contributed by atoms with Crippen LogP contribution >= 0.6 is 12.4 Å². The fourth-order valence-electron chi connectivity index (χ4n) is 1.22. The van der Waals surface area contributed by atoms with E-state index in [0.29, 0.717) is 5.75 Å². The predicted molar refractivity (Wildman–Crippen MR) is 69.5 cm³/mol. The minimum absolute atomic E-state index is 0. The molecular formula is C10H17ClN2O3S. The Morgan fingerprint density at radius 1 is 1.41 bits per heavy atom. The first-order chi connectivity index (χ1) is 7.42. The largest absolute Gasteiger partial charge is 0.476 e. The fourth-order valence-corrected chi connectivity index (χ4v) is 1.52. The van der Waals surface area contributed by atoms with Gasteiger partial charge in [0.1, 0.15) is 5.75 Å². The molecule has 4 N–H and O–H groups in total. The van der Waals surface area contributed by atoms with Gasteiger partial charge in [-0.15, -0.1) is 12.4 Å². The van der Waals surface area contributed by atoms with Gasteiger partial charge in [0, 0.05) is 6.04 Å². The molecule has 7 heteroatoms. The lowest BCUT2D eigenvalue weighted by Crippen LogP contribution is -2.20. The minimum atomic E-state index is -3.61. The summed E-state index contributed by atoms with van der Waals surface area (Å²) in [5.41, 5.74) is 6.76. The molecule has 0 fully saturated rings. The van der Waals surface area contributed by atoms with Gasteiger partial charge in [0.15, 0.2) is 0 Å². The van der Waals surface area contributed by atoms with Gasteiger partial charge in [-0.05, 0) is 24.1 Å². The van der Waals surface area contributed by atoms with Gasteiger partial charge in [-0.1, -0.05) is 19.1 Å². The molecule has 0 saturated heterocycles. The summed E-state index contributed by atoms with van der Waals surface area (Å²) in [6.45, 7) is 1.97. The predicted octanol–water partition coefficient (Wildman–Crippen LogP) is 1.14. The van der Waals surface area contributed by atoms with E-state index in [2.05, 4.69) is 0 Å². The molecule has 0 aliphatic carbocycles. The third kappa shape index (κ3) is 5.88. The van der Waals surface area contributed by atoms with E-state index in [4.69, 9.17) is 15.6 Å². The van der Waals surface area contributed by atoms with E-state index in [1.165, 1.54) is 0 Å². The van der Waals surface area contributed by atoms with E-state index in [1.54, 1.807) is 18.2 Å². The molecule has 1 aromatic rings. The summed E-state index contributed by atoms with van der Waals surface area (Å²) in [6, 6.07) is 6.95. The van der Waals surface area contributed by atoms with Crippen LogP contribution in [-0.4, -0.2) is 14.4 Å². The van der Waals surface area contributed by atoms with Crippen LogP contribution in [-0.2, 0) is 10.0 Å². The number of rotatable bonds is 5. The quantitative estimate of drug-likeness (QED) is 0.845. The van der Waals surface area contributed by atoms with Crippen LogP contribution in [0.3, 0.4) is 0 Å². The van der Waals surface area contributed by atoms with E-state index in [-0.39, 0.29) is 18.4 Å². The van der Waals surface area contributed by atoms with Crippen LogP contribution in [0.25, 0.3) is 0 Å². The molecule has 0 aliphatic heterocycles. The highest BCUT2D eigenvalue weighted by Gasteiger charge is 2.07. The Morgan fingerprint density at radius 3 is 2.59 bits per heavy atom. The van der Waals surface area contributed by atoms with Crippen molar-refractivity contribution >= 4 is 22.4 Å². The summed E-state index contributed by atoms with van der Waals surface area (Å²) in [5, 5.41) is 4.83. The Morgan fingerprint density at radius 2 is 2.06 bits per heavy atom. The average molecular weight is 281 g/mol. The first-order valence-corrected chi connectivity index (χ1v) is 6.62. The van der Waals surface area contributed by atoms with Crippen LogP contribution in [0, 0.1) is 0 Å². The van der Waals surface area contributed by atoms with Crippen molar-refractivity contribution < 1.29 is 13.2 Å². The Balaban J connectivity index is 0.00000256. The molecule has 0 spiro atoms. The summed E-state index contributed by atoms with van der Waals surface area (Å²) < 4.78 is 26.5. The van der Waals surface area contributed by atoms with Crippen LogP contribution in [0.2, 0.25) is 0 Å². The summed E-state index contributed by atoms with van der Waals surface area (Å²) >= 11 is 0. The minimum Gasteiger partial charge on any atom is -0.476 e. The van der Waals surface area contributed by atoms with Crippen LogP contribution in [0.4, 0.5) is 0 Å². The van der Waals surface area contributed by atoms with Gasteiger partial charge >= 0.3 is 0 Å². The lowest BCUT2D eigenvalue weighted by molar-refractivity contribution is 0.376. The number of ether oxygens (including phenoxy) is 1. The molecule has 1 unspecified atom stereocenters. The second-order valence-corrected chi connectivity index (χ2v) is 5.07. The molecule has 1 rings (SSSR count). The van der Waals surface area contributed by atoms with E-state index in [1.807, 2.05) is 13.0 Å². The summed E-state index contributed by atoms with van der Waals surface area (Å²) in [4.78, 5) is 0. The molecule has 1 atom stereocenters. The van der Waals surface area contributed by atoms with E-state index < -0.39 is 16.0 Å². The van der Waals surface area contributed by atoms with Gasteiger partial charge in [-0.2, -0.15) is 0 Å². The maximum atomic E-state index is 10.7. The molecule has 17 heavy (non-hydrogen) atoms. The van der Waals surface area contributed by atoms with Crippen molar-refractivity contribution in [3.05, 3.63) is 29.8 Å². The van der Waals surface area contributed by atoms with E-state index in [9.17, 15) is 8.42 Å². The van der Waals surface area contributed by atoms with Crippen molar-refractivity contribution in [2.75, 3.05) is 5.94 Å². The molecule has 1 aromatic carbocycles. The van der Waals surface area contributed by atoms with Gasteiger partial charge < -0.3 is 10.5 Å². The van der Waals surface area contributed by atoms with Crippen molar-refractivity contribution in [2.24, 2.45) is 10.9 Å². The second kappa shape index (κ2) is 6.80. The topological polar surface area (TPSA) is 95.4 Å². The molecule has 0 amide bonds. The SMILES string of the molecule is CCC(N)c1cccc(OCS(N)(=O)=O)c1.Cl. The second-order valence-electron chi connectivity index (χ2n) is 3.51. The Hall–Kier alpha value is -0.820. The van der Waals surface area contributed by atoms with Crippen molar-refractivity contribution in [1.82, 2.24) is 0 Å². The van der Waals surface area contributed by atoms with Gasteiger partial charge in [0.05, 0.1) is 0 Å². The standard InChI is InChI=1S/C10H16N2O3S.ClH/c1-2-10(11)8-4-3-5-9(6-8)15-7-16(12,13)14;/h3-6,10H,2,7,11H2,1H3,(H2,12,13,14);1H. The lowest BCUT2D eigenvalue weighted by Gasteiger charge is -2.11. The molecule has 5 nitrogen and oxygen atoms in total. The number of benzene rings is 1. The molecule has 0 heterocycles. The summed E-state index contributed by atoms with van der Waals surface area (Å²) in [7, 11) is -3.61. The highest BCUT2D eigenvalue weighted by Crippen LogP contribution is 2.19. The zero-order valence-electron chi connectivity index (χ0n) is 9.50. The first kappa shape index (κ1) is 16.2. The van der Waals surface area contributed by atoms with Crippen molar-refractivity contribution in [3.63, 3.8) is 0 Å². The maximum absolute atomic E-state index is 10.7. The van der Waals surface area contributed by atoms with Gasteiger partial charge in [-0.3, -0.25) is 0 Å². The zero-order chi connectivity index (χ0) is 12.2. The van der Waals surface area contributed by atoms with Gasteiger partial charge in [0.2, 0.25) is 16.0 Å². The van der Waals surface area contributed by atoms with Gasteiger partial charge in [0.25, 0.3) is 0 Å². The monoisotopic (exact) mass is 280 g/mol. The average Bonchev–Trinajstić information content (AvgIpc) is 2.25. The molecule has 0 bridgehead atoms. The van der Waals surface area contributed by atoms with E-state index in [0.717, 1.165) is 12.0 Å². The first-order valence-electron chi connectivity index (χ1n) is 4.91. The molecule has 0 radical (unpaired) electrons. The van der Waals surface area contributed by atoms with Crippen LogP contribution in [0.5, 0.6) is 5.75 Å². The number of halogens is 1. The highest BCUT2D eigenvalue weighted by molar-refractivity contribution is 7.88. The molecule has 0 aromatic heterocycles. The Kier molecular flexibility index (Phi) is 6.48. The maximum Gasteiger partial charge on any atom is 0.244 e. The van der Waals surface area contributed by atoms with Crippen LogP contribution in [0.15, 0.2) is 24.3 Å². The summed E-state index contributed by atoms with van der Waals surface area (Å²) in [6.07, 6.45) is 0.804. The molecule has 98 valence electrons. The molecular weight excluding hydrogens is 264 g/mol. The number of nitrogens with two attached hydrogens (primary N) is 2. The third-order valence-corrected chi connectivity index (χ3v) is 2.56. The van der Waals surface area contributed by atoms with Gasteiger partial charge in [-0.25, -0.2) is 13.6 Å². The highest BCUT2D eigenvalue weighted by atomic mass is 35.5. The van der Waals surface area contributed by atoms with Crippen LogP contribution < -0.4 is 15.6 Å². The molecule has 0 aliphatic rings. The molecule has 0 saturated carbocycles. The fraction of sp³-hybridized carbons (Fsp3) is 0.400. The Bertz CT molecular complexity index is 451. The number of hydrogen-bond donors (Lipinski definition) is 2. The third-order valence-electron chi connectivity index (χ3n) is 2.12. The smallest absolute Gasteiger partial charge is 0.244 e. The van der Waals surface area contributed by atoms with Crippen molar-refractivity contribution in [2.45, 2.75) is 19.4 Å². The normalized spacial score (nSPS) is 12.6. The zero-order valence-corrected chi connectivity index (χ0v) is 11.1. The number of hydrogen-bond acceptors (Lipinski definition) is 4. The number of primary sulfonamides is 1. The van der Waals surface area contributed by atoms with Crippen molar-refractivity contribution in [3.8, 4) is 5.75 Å². The van der Waals surface area contributed by atoms with Crippen molar-refractivity contribution in [1.29, 1.82) is 0 Å². The Labute approximate surface area is 108 Å². The van der Waals surface area contributed by atoms with Crippen LogP contribution in [0.1, 0.15) is 24.9 Å². The summed E-state index contributed by atoms with van der Waals surface area (Å²) in [5.74, 6) is -0.0758.